The average molecular weight is 556 g/mol. The molecule has 0 spiro atoms. The van der Waals surface area contributed by atoms with Crippen LogP contribution in [0.15, 0.2) is 47.4 Å². The van der Waals surface area contributed by atoms with Crippen molar-refractivity contribution in [3.63, 3.8) is 0 Å². The van der Waals surface area contributed by atoms with E-state index >= 15 is 4.39 Å². The highest BCUT2D eigenvalue weighted by molar-refractivity contribution is 6.31. The van der Waals surface area contributed by atoms with Crippen LogP contribution in [0.1, 0.15) is 34.9 Å². The highest BCUT2D eigenvalue weighted by atomic mass is 35.5. The number of nitrogens with one attached hydrogen (secondary N) is 2. The maximum atomic E-state index is 15.3. The van der Waals surface area contributed by atoms with Crippen LogP contribution in [-0.2, 0) is 9.53 Å². The van der Waals surface area contributed by atoms with Crippen LogP contribution in [0, 0.1) is 18.6 Å². The number of pyridine rings is 1. The Balaban J connectivity index is 1.37. The first-order valence-corrected chi connectivity index (χ1v) is 12.0. The van der Waals surface area contributed by atoms with Crippen LogP contribution in [-0.4, -0.2) is 55.9 Å². The van der Waals surface area contributed by atoms with Gasteiger partial charge in [0.25, 0.3) is 11.8 Å². The maximum absolute atomic E-state index is 15.3. The molecule has 1 saturated heterocycles. The van der Waals surface area contributed by atoms with Gasteiger partial charge in [-0.15, -0.1) is 0 Å². The van der Waals surface area contributed by atoms with Gasteiger partial charge in [-0.2, -0.15) is 15.2 Å². The molecule has 39 heavy (non-hydrogen) atoms. The monoisotopic (exact) mass is 555 g/mol. The normalized spacial score (nSPS) is 14.8. The van der Waals surface area contributed by atoms with Gasteiger partial charge in [-0.05, 0) is 36.8 Å². The summed E-state index contributed by atoms with van der Waals surface area (Å²) in [5.74, 6) is -2.40. The largest absolute Gasteiger partial charge is 0.375 e. The molecule has 1 aliphatic heterocycles. The first-order valence-electron chi connectivity index (χ1n) is 11.6. The summed E-state index contributed by atoms with van der Waals surface area (Å²) in [7, 11) is 0. The molecule has 5 rings (SSSR count). The lowest BCUT2D eigenvalue weighted by atomic mass is 9.94. The minimum Gasteiger partial charge on any atom is -0.375 e. The molecular weight excluding hydrogens is 536 g/mol. The second-order valence-corrected chi connectivity index (χ2v) is 9.33. The lowest BCUT2D eigenvalue weighted by Crippen LogP contribution is -2.70. The van der Waals surface area contributed by atoms with E-state index in [4.69, 9.17) is 20.9 Å². The van der Waals surface area contributed by atoms with Crippen LogP contribution in [0.2, 0.25) is 5.02 Å². The zero-order chi connectivity index (χ0) is 27.7. The topological polar surface area (TPSA) is 145 Å². The molecule has 4 aromatic rings. The van der Waals surface area contributed by atoms with Crippen molar-refractivity contribution in [3.8, 4) is 22.5 Å². The van der Waals surface area contributed by atoms with E-state index in [-0.39, 0.29) is 57.9 Å². The molecule has 0 unspecified atom stereocenters. The first kappa shape index (κ1) is 26.3. The first-order chi connectivity index (χ1) is 18.7. The summed E-state index contributed by atoms with van der Waals surface area (Å²) in [5, 5.41) is 16.4. The van der Waals surface area contributed by atoms with E-state index < -0.39 is 35.0 Å². The SMILES string of the molecule is Cc1nc(-c2c(F)cc(Cl)cc2-c2cnc([C@@H](C)NC(=O)C3(NC(=O)c4ccnnc4)COC3)c(F)c2)no1. The molecule has 0 saturated carbocycles. The van der Waals surface area contributed by atoms with Gasteiger partial charge in [0.2, 0.25) is 11.7 Å². The van der Waals surface area contributed by atoms with Crippen LogP contribution >= 0.6 is 11.6 Å². The number of benzene rings is 1. The van der Waals surface area contributed by atoms with E-state index in [2.05, 4.69) is 36.0 Å². The second-order valence-electron chi connectivity index (χ2n) is 8.89. The summed E-state index contributed by atoms with van der Waals surface area (Å²) in [5.41, 5.74) is -0.829. The quantitative estimate of drug-likeness (QED) is 0.351. The van der Waals surface area contributed by atoms with E-state index in [0.717, 1.165) is 12.1 Å². The zero-order valence-electron chi connectivity index (χ0n) is 20.5. The summed E-state index contributed by atoms with van der Waals surface area (Å²) >= 11 is 6.07. The third-order valence-corrected chi connectivity index (χ3v) is 6.29. The minimum atomic E-state index is -1.35. The van der Waals surface area contributed by atoms with E-state index in [0.29, 0.717) is 0 Å². The minimum absolute atomic E-state index is 0.0283. The summed E-state index contributed by atoms with van der Waals surface area (Å²) in [6.07, 6.45) is 3.94. The Labute approximate surface area is 224 Å². The van der Waals surface area contributed by atoms with Crippen molar-refractivity contribution >= 4 is 23.4 Å². The molecule has 1 aliphatic rings. The Kier molecular flexibility index (Phi) is 7.02. The number of carbonyl (C=O) groups excluding carboxylic acids is 2. The number of hydrogen-bond donors (Lipinski definition) is 2. The third kappa shape index (κ3) is 5.18. The number of nitrogens with zero attached hydrogens (tertiary/aromatic N) is 5. The van der Waals surface area contributed by atoms with E-state index in [1.54, 1.807) is 6.92 Å². The van der Waals surface area contributed by atoms with Crippen molar-refractivity contribution in [2.75, 3.05) is 13.2 Å². The van der Waals surface area contributed by atoms with Crippen molar-refractivity contribution in [3.05, 3.63) is 76.7 Å². The highest BCUT2D eigenvalue weighted by Gasteiger charge is 2.48. The predicted molar refractivity (Wildman–Crippen MR) is 132 cm³/mol. The van der Waals surface area contributed by atoms with Crippen molar-refractivity contribution in [1.29, 1.82) is 0 Å². The molecular formula is C25H20ClF2N7O4. The number of hydrogen-bond acceptors (Lipinski definition) is 9. The Morgan fingerprint density at radius 2 is 1.92 bits per heavy atom. The van der Waals surface area contributed by atoms with Gasteiger partial charge in [-0.1, -0.05) is 16.8 Å². The molecule has 2 N–H and O–H groups in total. The van der Waals surface area contributed by atoms with Gasteiger partial charge in [0.1, 0.15) is 11.6 Å². The van der Waals surface area contributed by atoms with Crippen LogP contribution < -0.4 is 10.6 Å². The molecule has 0 bridgehead atoms. The van der Waals surface area contributed by atoms with Gasteiger partial charge in [-0.25, -0.2) is 8.78 Å². The number of aromatic nitrogens is 5. The summed E-state index contributed by atoms with van der Waals surface area (Å²) in [6, 6.07) is 4.24. The van der Waals surface area contributed by atoms with E-state index in [1.165, 1.54) is 37.6 Å². The number of rotatable bonds is 7. The van der Waals surface area contributed by atoms with E-state index in [9.17, 15) is 14.0 Å². The fourth-order valence-electron chi connectivity index (χ4n) is 4.03. The maximum Gasteiger partial charge on any atom is 0.253 e. The van der Waals surface area contributed by atoms with Crippen LogP contribution in [0.25, 0.3) is 22.5 Å². The number of halogens is 3. The highest BCUT2D eigenvalue weighted by Crippen LogP contribution is 2.36. The molecule has 1 aromatic carbocycles. The molecule has 1 fully saturated rings. The lowest BCUT2D eigenvalue weighted by molar-refractivity contribution is -0.147. The Morgan fingerprint density at radius 1 is 1.13 bits per heavy atom. The van der Waals surface area contributed by atoms with Crippen LogP contribution in [0.5, 0.6) is 0 Å². The molecule has 3 aromatic heterocycles. The zero-order valence-corrected chi connectivity index (χ0v) is 21.3. The Bertz CT molecular complexity index is 1560. The number of aryl methyl sites for hydroxylation is 1. The predicted octanol–water partition coefficient (Wildman–Crippen LogP) is 3.20. The van der Waals surface area contributed by atoms with Crippen molar-refractivity contribution in [1.82, 2.24) is 36.0 Å². The summed E-state index contributed by atoms with van der Waals surface area (Å²) < 4.78 is 40.3. The van der Waals surface area contributed by atoms with Gasteiger partial charge in [0, 0.05) is 23.7 Å². The summed E-state index contributed by atoms with van der Waals surface area (Å²) in [6.45, 7) is 2.96. The van der Waals surface area contributed by atoms with Crippen LogP contribution in [0.3, 0.4) is 0 Å². The lowest BCUT2D eigenvalue weighted by Gasteiger charge is -2.40. The van der Waals surface area contributed by atoms with Crippen molar-refractivity contribution < 1.29 is 27.6 Å². The Hall–Kier alpha value is -4.36. The number of carbonyl (C=O) groups is 2. The molecule has 0 aliphatic carbocycles. The number of amides is 2. The van der Waals surface area contributed by atoms with Gasteiger partial charge >= 0.3 is 0 Å². The van der Waals surface area contributed by atoms with Crippen LogP contribution in [0.4, 0.5) is 8.78 Å². The Morgan fingerprint density at radius 3 is 2.54 bits per heavy atom. The standard InChI is InChI=1S/C25H20ClF2N7O4/c1-12(32-24(37)25(10-38-11-25)34-23(36)14-3-4-30-31-9-14)21-19(28)5-15(8-29-21)17-6-16(26)7-18(27)20(17)22-33-13(2)39-35-22/h3-9,12H,10-11H2,1-2H3,(H,32,37)(H,34,36)/t12-/m1/s1. The third-order valence-electron chi connectivity index (χ3n) is 6.08. The number of ether oxygens (including phenoxy) is 1. The molecule has 14 heteroatoms. The smallest absolute Gasteiger partial charge is 0.253 e. The molecule has 0 radical (unpaired) electrons. The molecule has 4 heterocycles. The summed E-state index contributed by atoms with van der Waals surface area (Å²) in [4.78, 5) is 33.9. The average Bonchev–Trinajstić information content (AvgIpc) is 3.31. The fraction of sp³-hybridized carbons (Fsp3) is 0.240. The van der Waals surface area contributed by atoms with E-state index in [1.807, 2.05) is 0 Å². The van der Waals surface area contributed by atoms with Crippen molar-refractivity contribution in [2.45, 2.75) is 25.4 Å². The molecule has 11 nitrogen and oxygen atoms in total. The van der Waals surface area contributed by atoms with Crippen molar-refractivity contribution in [2.24, 2.45) is 0 Å². The van der Waals surface area contributed by atoms with Gasteiger partial charge in [0.15, 0.2) is 5.54 Å². The van der Waals surface area contributed by atoms with Gasteiger partial charge < -0.3 is 19.9 Å². The molecule has 200 valence electrons. The van der Waals surface area contributed by atoms with Gasteiger partial charge in [0.05, 0.1) is 48.5 Å². The fourth-order valence-corrected chi connectivity index (χ4v) is 4.23. The molecule has 2 amide bonds. The second kappa shape index (κ2) is 10.4. The van der Waals surface area contributed by atoms with Gasteiger partial charge in [-0.3, -0.25) is 14.6 Å². The molecule has 1 atom stereocenters.